The van der Waals surface area contributed by atoms with Gasteiger partial charge < -0.3 is 5.32 Å². The van der Waals surface area contributed by atoms with E-state index in [9.17, 15) is 0 Å². The van der Waals surface area contributed by atoms with Crippen molar-refractivity contribution in [3.05, 3.63) is 16.1 Å². The Hall–Kier alpha value is -0.0600. The van der Waals surface area contributed by atoms with Gasteiger partial charge in [0.2, 0.25) is 0 Å². The first-order valence-corrected chi connectivity index (χ1v) is 7.75. The summed E-state index contributed by atoms with van der Waals surface area (Å²) >= 11 is 3.78. The van der Waals surface area contributed by atoms with Gasteiger partial charge in [0.1, 0.15) is 0 Å². The van der Waals surface area contributed by atoms with Crippen LogP contribution in [0.25, 0.3) is 0 Å². The lowest BCUT2D eigenvalue weighted by atomic mass is 9.86. The van der Waals surface area contributed by atoms with Gasteiger partial charge in [-0.05, 0) is 19.1 Å². The zero-order valence-corrected chi connectivity index (χ0v) is 10.8. The number of hydrogen-bond donors (Lipinski definition) is 1. The molecule has 1 aromatic heterocycles. The topological polar surface area (TPSA) is 24.9 Å². The van der Waals surface area contributed by atoms with Crippen LogP contribution in [-0.4, -0.2) is 23.5 Å². The van der Waals surface area contributed by atoms with E-state index in [1.165, 1.54) is 34.9 Å². The normalized spacial score (nSPS) is 16.6. The third kappa shape index (κ3) is 3.20. The molecule has 0 atom stereocenters. The zero-order valence-electron chi connectivity index (χ0n) is 9.16. The second-order valence-electron chi connectivity index (χ2n) is 3.96. The molecule has 84 valence electrons. The van der Waals surface area contributed by atoms with Crippen molar-refractivity contribution in [1.82, 2.24) is 10.3 Å². The molecule has 2 rings (SSSR count). The second-order valence-corrected chi connectivity index (χ2v) is 6.09. The van der Waals surface area contributed by atoms with Gasteiger partial charge in [-0.2, -0.15) is 11.8 Å². The molecule has 0 amide bonds. The predicted octanol–water partition coefficient (Wildman–Crippen LogP) is 2.86. The summed E-state index contributed by atoms with van der Waals surface area (Å²) in [5, 5.41) is 4.80. The highest BCUT2D eigenvalue weighted by molar-refractivity contribution is 7.98. The fourth-order valence-corrected chi connectivity index (χ4v) is 3.04. The van der Waals surface area contributed by atoms with Crippen molar-refractivity contribution in [1.29, 1.82) is 0 Å². The van der Waals surface area contributed by atoms with Gasteiger partial charge in [-0.25, -0.2) is 4.98 Å². The lowest BCUT2D eigenvalue weighted by molar-refractivity contribution is 0.418. The molecular formula is C11H18N2S2. The molecule has 1 aliphatic carbocycles. The molecule has 0 aliphatic heterocycles. The maximum atomic E-state index is 4.51. The molecule has 1 heterocycles. The summed E-state index contributed by atoms with van der Waals surface area (Å²) < 4.78 is 0. The Morgan fingerprint density at radius 3 is 3.13 bits per heavy atom. The average Bonchev–Trinajstić information content (AvgIpc) is 2.58. The molecule has 1 saturated carbocycles. The van der Waals surface area contributed by atoms with E-state index in [2.05, 4.69) is 16.6 Å². The zero-order chi connectivity index (χ0) is 10.5. The number of nitrogens with one attached hydrogen (secondary N) is 1. The van der Waals surface area contributed by atoms with Gasteiger partial charge >= 0.3 is 0 Å². The quantitative estimate of drug-likeness (QED) is 0.777. The monoisotopic (exact) mass is 242 g/mol. The van der Waals surface area contributed by atoms with Gasteiger partial charge in [-0.3, -0.25) is 0 Å². The first kappa shape index (κ1) is 11.4. The Morgan fingerprint density at radius 2 is 2.47 bits per heavy atom. The number of nitrogens with zero attached hydrogens (tertiary/aromatic N) is 1. The maximum absolute atomic E-state index is 4.51. The van der Waals surface area contributed by atoms with Gasteiger partial charge in [0.05, 0.1) is 5.01 Å². The summed E-state index contributed by atoms with van der Waals surface area (Å²) in [6.45, 7) is 2.09. The molecule has 2 nitrogen and oxygen atoms in total. The highest BCUT2D eigenvalue weighted by Gasteiger charge is 2.22. The average molecular weight is 242 g/mol. The van der Waals surface area contributed by atoms with Gasteiger partial charge in [0.25, 0.3) is 0 Å². The number of thiazole rings is 1. The Kier molecular flexibility index (Phi) is 4.47. The molecule has 0 spiro atoms. The number of thioether (sulfide) groups is 1. The van der Waals surface area contributed by atoms with Crippen LogP contribution in [-0.2, 0) is 6.54 Å². The molecular weight excluding hydrogens is 224 g/mol. The lowest BCUT2D eigenvalue weighted by Gasteiger charge is -2.22. The molecule has 4 heteroatoms. The molecule has 0 saturated heterocycles. The van der Waals surface area contributed by atoms with E-state index >= 15 is 0 Å². The molecule has 1 fully saturated rings. The van der Waals surface area contributed by atoms with Crippen LogP contribution in [0.5, 0.6) is 0 Å². The molecule has 1 aliphatic rings. The summed E-state index contributed by atoms with van der Waals surface area (Å²) in [4.78, 5) is 5.90. The Balaban J connectivity index is 1.74. The SMILES string of the molecule is CSCCNCc1cnc(C2CCC2)s1. The molecule has 0 aromatic carbocycles. The van der Waals surface area contributed by atoms with Crippen LogP contribution in [0, 0.1) is 0 Å². The number of rotatable bonds is 6. The highest BCUT2D eigenvalue weighted by Crippen LogP contribution is 2.38. The summed E-state index contributed by atoms with van der Waals surface area (Å²) in [5.74, 6) is 1.98. The van der Waals surface area contributed by atoms with Crippen LogP contribution >= 0.6 is 23.1 Å². The third-order valence-corrected chi connectivity index (χ3v) is 4.58. The van der Waals surface area contributed by atoms with Crippen LogP contribution in [0.15, 0.2) is 6.20 Å². The molecule has 1 aromatic rings. The first-order chi connectivity index (χ1) is 7.40. The summed E-state index contributed by atoms with van der Waals surface area (Å²) in [7, 11) is 0. The summed E-state index contributed by atoms with van der Waals surface area (Å²) in [5.41, 5.74) is 0. The van der Waals surface area contributed by atoms with Crippen LogP contribution in [0.2, 0.25) is 0 Å². The minimum Gasteiger partial charge on any atom is -0.311 e. The highest BCUT2D eigenvalue weighted by atomic mass is 32.2. The predicted molar refractivity (Wildman–Crippen MR) is 68.8 cm³/mol. The number of hydrogen-bond acceptors (Lipinski definition) is 4. The van der Waals surface area contributed by atoms with Crippen LogP contribution < -0.4 is 5.32 Å². The number of aromatic nitrogens is 1. The maximum Gasteiger partial charge on any atom is 0.0959 e. The Labute approximate surface area is 99.9 Å². The van der Waals surface area contributed by atoms with E-state index in [1.54, 1.807) is 0 Å². The fourth-order valence-electron chi connectivity index (χ4n) is 1.63. The minimum absolute atomic E-state index is 0.787. The van der Waals surface area contributed by atoms with Crippen molar-refractivity contribution in [3.63, 3.8) is 0 Å². The smallest absolute Gasteiger partial charge is 0.0959 e. The summed E-state index contributed by atoms with van der Waals surface area (Å²) in [6, 6.07) is 0. The molecule has 1 N–H and O–H groups in total. The fraction of sp³-hybridized carbons (Fsp3) is 0.727. The summed E-state index contributed by atoms with van der Waals surface area (Å²) in [6.07, 6.45) is 8.29. The van der Waals surface area contributed by atoms with E-state index in [1.807, 2.05) is 29.3 Å². The molecule has 0 bridgehead atoms. The largest absolute Gasteiger partial charge is 0.311 e. The van der Waals surface area contributed by atoms with Crippen LogP contribution in [0.4, 0.5) is 0 Å². The van der Waals surface area contributed by atoms with E-state index in [0.29, 0.717) is 0 Å². The van der Waals surface area contributed by atoms with Crippen molar-refractivity contribution in [2.75, 3.05) is 18.6 Å². The van der Waals surface area contributed by atoms with Gasteiger partial charge in [-0.1, -0.05) is 6.42 Å². The van der Waals surface area contributed by atoms with E-state index < -0.39 is 0 Å². The van der Waals surface area contributed by atoms with Gasteiger partial charge in [0.15, 0.2) is 0 Å². The van der Waals surface area contributed by atoms with Gasteiger partial charge in [0, 0.05) is 35.8 Å². The Morgan fingerprint density at radius 1 is 1.60 bits per heavy atom. The molecule has 15 heavy (non-hydrogen) atoms. The van der Waals surface area contributed by atoms with Crippen LogP contribution in [0.3, 0.4) is 0 Å². The van der Waals surface area contributed by atoms with E-state index in [0.717, 1.165) is 19.0 Å². The van der Waals surface area contributed by atoms with Crippen molar-refractivity contribution in [3.8, 4) is 0 Å². The lowest BCUT2D eigenvalue weighted by Crippen LogP contribution is -2.15. The molecule has 0 unspecified atom stereocenters. The molecule has 0 radical (unpaired) electrons. The minimum atomic E-state index is 0.787. The first-order valence-electron chi connectivity index (χ1n) is 5.54. The Bertz CT molecular complexity index is 295. The van der Waals surface area contributed by atoms with Crippen molar-refractivity contribution in [2.24, 2.45) is 0 Å². The third-order valence-electron chi connectivity index (χ3n) is 2.81. The van der Waals surface area contributed by atoms with E-state index in [4.69, 9.17) is 0 Å². The van der Waals surface area contributed by atoms with Crippen molar-refractivity contribution >= 4 is 23.1 Å². The van der Waals surface area contributed by atoms with E-state index in [-0.39, 0.29) is 0 Å². The second kappa shape index (κ2) is 5.87. The standard InChI is InChI=1S/C11H18N2S2/c1-14-6-5-12-7-10-8-13-11(15-10)9-3-2-4-9/h8-9,12H,2-7H2,1H3. The van der Waals surface area contributed by atoms with Gasteiger partial charge in [-0.15, -0.1) is 11.3 Å². The van der Waals surface area contributed by atoms with Crippen molar-refractivity contribution in [2.45, 2.75) is 31.7 Å². The van der Waals surface area contributed by atoms with Crippen LogP contribution in [0.1, 0.15) is 35.1 Å². The van der Waals surface area contributed by atoms with Crippen molar-refractivity contribution < 1.29 is 0 Å².